The number of rotatable bonds is 8. The van der Waals surface area contributed by atoms with Gasteiger partial charge >= 0.3 is 6.09 Å². The Bertz CT molecular complexity index is 1190. The van der Waals surface area contributed by atoms with E-state index in [1.54, 1.807) is 0 Å². The van der Waals surface area contributed by atoms with Crippen LogP contribution in [0.15, 0.2) is 42.5 Å². The van der Waals surface area contributed by atoms with Crippen LogP contribution >= 0.6 is 0 Å². The number of amides is 1. The second kappa shape index (κ2) is 10.6. The molecule has 1 fully saturated rings. The van der Waals surface area contributed by atoms with E-state index < -0.39 is 6.09 Å². The van der Waals surface area contributed by atoms with E-state index in [1.165, 1.54) is 0 Å². The molecule has 1 saturated heterocycles. The number of hydrogen-bond donors (Lipinski definition) is 1. The van der Waals surface area contributed by atoms with Crippen molar-refractivity contribution in [1.29, 1.82) is 5.26 Å². The number of nitriles is 1. The molecule has 7 nitrogen and oxygen atoms in total. The van der Waals surface area contributed by atoms with Crippen LogP contribution in [0.3, 0.4) is 0 Å². The first-order valence-corrected chi connectivity index (χ1v) is 11.8. The summed E-state index contributed by atoms with van der Waals surface area (Å²) in [4.78, 5) is 12.1. The molecule has 1 unspecified atom stereocenters. The van der Waals surface area contributed by atoms with Gasteiger partial charge in [0.2, 0.25) is 0 Å². The number of aromatic nitrogens is 1. The fourth-order valence-electron chi connectivity index (χ4n) is 4.35. The Morgan fingerprint density at radius 1 is 1.26 bits per heavy atom. The Morgan fingerprint density at radius 3 is 2.71 bits per heavy atom. The molecule has 2 aromatic carbocycles. The first kappa shape index (κ1) is 23.7. The van der Waals surface area contributed by atoms with Crippen molar-refractivity contribution in [2.45, 2.75) is 52.2 Å². The predicted molar refractivity (Wildman–Crippen MR) is 131 cm³/mol. The minimum absolute atomic E-state index is 0.177. The molecule has 4 rings (SSSR count). The molecule has 0 aliphatic carbocycles. The standard InChI is InChI=1S/C27H31N3O4/c1-4-12-33-21-9-10-23-24(16-28)25(30(18(2)3)26(23)15-21)14-19-5-7-20(8-6-19)29-27(31)34-22-11-13-32-17-22/h5-10,15,18,22H,4,11-14,17H2,1-3H3,(H,29,31). The summed E-state index contributed by atoms with van der Waals surface area (Å²) in [6, 6.07) is 16.2. The molecule has 0 saturated carbocycles. The zero-order valence-corrected chi connectivity index (χ0v) is 20.0. The van der Waals surface area contributed by atoms with E-state index in [0.29, 0.717) is 37.5 Å². The van der Waals surface area contributed by atoms with Crippen LogP contribution in [0.1, 0.15) is 56.5 Å². The maximum absolute atomic E-state index is 12.1. The van der Waals surface area contributed by atoms with Crippen molar-refractivity contribution in [3.63, 3.8) is 0 Å². The normalized spacial score (nSPS) is 15.4. The van der Waals surface area contributed by atoms with E-state index in [0.717, 1.165) is 40.8 Å². The third kappa shape index (κ3) is 5.18. The number of ether oxygens (including phenoxy) is 3. The van der Waals surface area contributed by atoms with Gasteiger partial charge in [0.1, 0.15) is 17.9 Å². The van der Waals surface area contributed by atoms with Gasteiger partial charge in [0, 0.05) is 41.7 Å². The molecule has 1 atom stereocenters. The summed E-state index contributed by atoms with van der Waals surface area (Å²) < 4.78 is 18.7. The van der Waals surface area contributed by atoms with Gasteiger partial charge in [0.05, 0.1) is 30.9 Å². The maximum atomic E-state index is 12.1. The van der Waals surface area contributed by atoms with Gasteiger partial charge in [-0.15, -0.1) is 0 Å². The van der Waals surface area contributed by atoms with Crippen LogP contribution < -0.4 is 10.1 Å². The predicted octanol–water partition coefficient (Wildman–Crippen LogP) is 5.81. The molecule has 7 heteroatoms. The molecule has 1 aliphatic rings. The van der Waals surface area contributed by atoms with E-state index >= 15 is 0 Å². The molecular formula is C27H31N3O4. The number of nitrogens with one attached hydrogen (secondary N) is 1. The molecule has 0 spiro atoms. The summed E-state index contributed by atoms with van der Waals surface area (Å²) in [5.74, 6) is 0.816. The number of anilines is 1. The highest BCUT2D eigenvalue weighted by molar-refractivity contribution is 5.89. The molecule has 2 heterocycles. The van der Waals surface area contributed by atoms with Crippen molar-refractivity contribution in [2.75, 3.05) is 25.1 Å². The van der Waals surface area contributed by atoms with Gasteiger partial charge in [-0.1, -0.05) is 19.1 Å². The van der Waals surface area contributed by atoms with Gasteiger partial charge in [-0.05, 0) is 50.1 Å². The highest BCUT2D eigenvalue weighted by atomic mass is 16.6. The summed E-state index contributed by atoms with van der Waals surface area (Å²) in [6.45, 7) is 8.06. The summed E-state index contributed by atoms with van der Waals surface area (Å²) in [5, 5.41) is 13.7. The van der Waals surface area contributed by atoms with Crippen LogP contribution in [0.4, 0.5) is 10.5 Å². The van der Waals surface area contributed by atoms with Gasteiger partial charge < -0.3 is 18.8 Å². The second-order valence-electron chi connectivity index (χ2n) is 8.81. The third-order valence-corrected chi connectivity index (χ3v) is 5.91. The number of carbonyl (C=O) groups is 1. The number of carbonyl (C=O) groups excluding carboxylic acids is 1. The molecule has 3 aromatic rings. The van der Waals surface area contributed by atoms with E-state index in [9.17, 15) is 10.1 Å². The summed E-state index contributed by atoms with van der Waals surface area (Å²) in [7, 11) is 0. The SMILES string of the molecule is CCCOc1ccc2c(C#N)c(Cc3ccc(NC(=O)OC4CCOC4)cc3)n(C(C)C)c2c1. The van der Waals surface area contributed by atoms with E-state index in [1.807, 2.05) is 42.5 Å². The number of benzene rings is 2. The molecule has 1 aliphatic heterocycles. The van der Waals surface area contributed by atoms with Crippen LogP contribution in [-0.4, -0.2) is 36.6 Å². The van der Waals surface area contributed by atoms with Crippen LogP contribution in [-0.2, 0) is 15.9 Å². The highest BCUT2D eigenvalue weighted by Crippen LogP contribution is 2.33. The summed E-state index contributed by atoms with van der Waals surface area (Å²) >= 11 is 0. The van der Waals surface area contributed by atoms with E-state index in [2.05, 4.69) is 36.7 Å². The van der Waals surface area contributed by atoms with Gasteiger partial charge in [0.25, 0.3) is 0 Å². The lowest BCUT2D eigenvalue weighted by atomic mass is 10.0. The van der Waals surface area contributed by atoms with Crippen molar-refractivity contribution >= 4 is 22.7 Å². The number of hydrogen-bond acceptors (Lipinski definition) is 5. The topological polar surface area (TPSA) is 85.5 Å². The average Bonchev–Trinajstić information content (AvgIpc) is 3.43. The molecule has 0 bridgehead atoms. The van der Waals surface area contributed by atoms with Crippen LogP contribution in [0, 0.1) is 11.3 Å². The Hall–Kier alpha value is -3.50. The van der Waals surface area contributed by atoms with E-state index in [-0.39, 0.29) is 12.1 Å². The Balaban J connectivity index is 1.56. The van der Waals surface area contributed by atoms with Gasteiger partial charge in [-0.25, -0.2) is 4.79 Å². The van der Waals surface area contributed by atoms with Crippen LogP contribution in [0.5, 0.6) is 5.75 Å². The molecule has 34 heavy (non-hydrogen) atoms. The molecule has 1 aromatic heterocycles. The fraction of sp³-hybridized carbons (Fsp3) is 0.407. The second-order valence-corrected chi connectivity index (χ2v) is 8.81. The minimum Gasteiger partial charge on any atom is -0.494 e. The molecule has 178 valence electrons. The van der Waals surface area contributed by atoms with Gasteiger partial charge in [-0.2, -0.15) is 5.26 Å². The lowest BCUT2D eigenvalue weighted by Crippen LogP contribution is -2.22. The number of nitrogens with zero attached hydrogens (tertiary/aromatic N) is 2. The number of fused-ring (bicyclic) bond motifs is 1. The lowest BCUT2D eigenvalue weighted by Gasteiger charge is -2.16. The Morgan fingerprint density at radius 2 is 2.06 bits per heavy atom. The monoisotopic (exact) mass is 461 g/mol. The van der Waals surface area contributed by atoms with Crippen molar-refractivity contribution < 1.29 is 19.0 Å². The first-order valence-electron chi connectivity index (χ1n) is 11.8. The molecule has 1 N–H and O–H groups in total. The third-order valence-electron chi connectivity index (χ3n) is 5.91. The van der Waals surface area contributed by atoms with Crippen LogP contribution in [0.2, 0.25) is 0 Å². The van der Waals surface area contributed by atoms with Crippen LogP contribution in [0.25, 0.3) is 10.9 Å². The van der Waals surface area contributed by atoms with Crippen molar-refractivity contribution in [3.8, 4) is 11.8 Å². The lowest BCUT2D eigenvalue weighted by molar-refractivity contribution is 0.0932. The zero-order chi connectivity index (χ0) is 24.1. The average molecular weight is 462 g/mol. The van der Waals surface area contributed by atoms with E-state index in [4.69, 9.17) is 14.2 Å². The Kier molecular flexibility index (Phi) is 7.39. The van der Waals surface area contributed by atoms with Gasteiger partial charge in [0.15, 0.2) is 0 Å². The fourth-order valence-corrected chi connectivity index (χ4v) is 4.35. The molecule has 1 amide bonds. The Labute approximate surface area is 200 Å². The van der Waals surface area contributed by atoms with Crippen molar-refractivity contribution in [1.82, 2.24) is 4.57 Å². The first-order chi connectivity index (χ1) is 16.5. The highest BCUT2D eigenvalue weighted by Gasteiger charge is 2.21. The molecular weight excluding hydrogens is 430 g/mol. The van der Waals surface area contributed by atoms with Gasteiger partial charge in [-0.3, -0.25) is 5.32 Å². The zero-order valence-electron chi connectivity index (χ0n) is 20.0. The van der Waals surface area contributed by atoms with Crippen molar-refractivity contribution in [2.24, 2.45) is 0 Å². The molecule has 0 radical (unpaired) electrons. The maximum Gasteiger partial charge on any atom is 0.411 e. The summed E-state index contributed by atoms with van der Waals surface area (Å²) in [5.41, 5.74) is 4.38. The smallest absolute Gasteiger partial charge is 0.411 e. The van der Waals surface area contributed by atoms with Crippen molar-refractivity contribution in [3.05, 3.63) is 59.3 Å². The minimum atomic E-state index is -0.476. The quantitative estimate of drug-likeness (QED) is 0.457. The summed E-state index contributed by atoms with van der Waals surface area (Å²) in [6.07, 6.45) is 1.61. The largest absolute Gasteiger partial charge is 0.494 e.